The molecule has 0 aromatic carbocycles. The smallest absolute Gasteiger partial charge is 0.135 e. The number of carbonyl (C=O) groups excluding carboxylic acids is 1. The van der Waals surface area contributed by atoms with Gasteiger partial charge in [0, 0.05) is 65.2 Å². The van der Waals surface area contributed by atoms with Gasteiger partial charge in [0.15, 0.2) is 0 Å². The molecular weight excluding hydrogens is 631 g/mol. The average molecular weight is 728 g/mol. The van der Waals surface area contributed by atoms with Gasteiger partial charge in [-0.25, -0.2) is 0 Å². The van der Waals surface area contributed by atoms with E-state index in [4.69, 9.17) is 0 Å². The molecule has 1 N–H and O–H groups in total. The first-order valence-corrected chi connectivity index (χ1v) is 21.2. The third-order valence-corrected chi connectivity index (χ3v) is 8.89. The molecule has 0 unspecified atom stereocenters. The van der Waals surface area contributed by atoms with Gasteiger partial charge in [0.2, 0.25) is 0 Å². The predicted octanol–water partition coefficient (Wildman–Crippen LogP) is 9.76. The van der Waals surface area contributed by atoms with E-state index in [1.165, 1.54) is 51.9 Å². The number of likely N-dealkylation sites (tertiary alicyclic amines) is 3. The lowest BCUT2D eigenvalue weighted by atomic mass is 9.94. The fourth-order valence-corrected chi connectivity index (χ4v) is 4.85. The summed E-state index contributed by atoms with van der Waals surface area (Å²) in [6, 6.07) is 0. The van der Waals surface area contributed by atoms with Crippen LogP contribution in [0.3, 0.4) is 0 Å². The molecule has 0 aromatic rings. The predicted molar refractivity (Wildman–Crippen MR) is 233 cm³/mol. The number of rotatable bonds is 0. The third-order valence-electron chi connectivity index (χ3n) is 8.89. The van der Waals surface area contributed by atoms with Gasteiger partial charge in [-0.1, -0.05) is 99.5 Å². The molecule has 0 radical (unpaired) electrons. The van der Waals surface area contributed by atoms with E-state index >= 15 is 0 Å². The number of Topliss-reactive ketones (excluding diaryl/α,β-unsaturated/α-hetero) is 1. The Balaban J connectivity index is -0.000000163. The number of aliphatic hydroxyl groups is 1. The molecular formula is C44H97N5O2. The van der Waals surface area contributed by atoms with Crippen LogP contribution >= 0.6 is 0 Å². The van der Waals surface area contributed by atoms with Crippen LogP contribution < -0.4 is 0 Å². The van der Waals surface area contributed by atoms with Crippen LogP contribution in [0.25, 0.3) is 0 Å². The molecule has 5 aliphatic rings. The topological polar surface area (TPSA) is 53.5 Å². The van der Waals surface area contributed by atoms with Gasteiger partial charge in [0.1, 0.15) is 5.78 Å². The fraction of sp³-hybridized carbons (Fsp3) is 0.886. The van der Waals surface area contributed by atoms with Crippen LogP contribution in [-0.4, -0.2) is 142 Å². The largest absolute Gasteiger partial charge is 0.390 e. The molecule has 0 spiro atoms. The van der Waals surface area contributed by atoms with Crippen molar-refractivity contribution in [3.8, 4) is 0 Å². The van der Waals surface area contributed by atoms with E-state index in [0.29, 0.717) is 5.78 Å². The highest BCUT2D eigenvalue weighted by molar-refractivity contribution is 5.79. The number of ketones is 1. The second-order valence-corrected chi connectivity index (χ2v) is 13.8. The molecule has 3 saturated heterocycles. The summed E-state index contributed by atoms with van der Waals surface area (Å²) in [7, 11) is 10.7. The second-order valence-electron chi connectivity index (χ2n) is 13.8. The molecule has 3 fully saturated rings. The van der Waals surface area contributed by atoms with Crippen LogP contribution in [0.1, 0.15) is 148 Å². The molecule has 0 amide bonds. The fourth-order valence-electron chi connectivity index (χ4n) is 4.85. The number of likely N-dealkylation sites (N-methyl/N-ethyl adjacent to an activating group) is 2. The van der Waals surface area contributed by atoms with Crippen molar-refractivity contribution in [1.82, 2.24) is 24.5 Å². The van der Waals surface area contributed by atoms with Gasteiger partial charge in [-0.3, -0.25) is 4.79 Å². The molecule has 0 bridgehead atoms. The van der Waals surface area contributed by atoms with Gasteiger partial charge in [-0.15, -0.1) is 0 Å². The van der Waals surface area contributed by atoms with Gasteiger partial charge in [-0.05, 0) is 114 Å². The molecule has 310 valence electrons. The normalized spacial score (nSPS) is 20.7. The molecule has 0 aromatic heterocycles. The molecule has 5 heterocycles. The minimum atomic E-state index is -0.382. The summed E-state index contributed by atoms with van der Waals surface area (Å²) in [5, 5.41) is 9.47. The van der Waals surface area contributed by atoms with Crippen molar-refractivity contribution in [3.05, 3.63) is 23.3 Å². The van der Waals surface area contributed by atoms with Crippen molar-refractivity contribution >= 4 is 5.78 Å². The molecule has 0 atom stereocenters. The summed E-state index contributed by atoms with van der Waals surface area (Å²) >= 11 is 0. The van der Waals surface area contributed by atoms with Crippen molar-refractivity contribution < 1.29 is 9.90 Å². The zero-order chi connectivity index (χ0) is 40.8. The average Bonchev–Trinajstić information content (AvgIpc) is 3.16. The minimum absolute atomic E-state index is 0.382. The Morgan fingerprint density at radius 3 is 1.06 bits per heavy atom. The zero-order valence-electron chi connectivity index (χ0n) is 38.6. The lowest BCUT2D eigenvalue weighted by Gasteiger charge is -2.33. The van der Waals surface area contributed by atoms with E-state index in [0.717, 1.165) is 70.9 Å². The van der Waals surface area contributed by atoms with Gasteiger partial charge >= 0.3 is 0 Å². The Bertz CT molecular complexity index is 717. The highest BCUT2D eigenvalue weighted by Gasteiger charge is 2.25. The summed E-state index contributed by atoms with van der Waals surface area (Å²) in [5.74, 6) is 1.40. The number of hydrogen-bond donors (Lipinski definition) is 1. The summed E-state index contributed by atoms with van der Waals surface area (Å²) < 4.78 is 0. The van der Waals surface area contributed by atoms with Crippen LogP contribution in [0.2, 0.25) is 0 Å². The number of carbonyl (C=O) groups is 1. The maximum atomic E-state index is 10.6. The number of nitrogens with zero attached hydrogens (tertiary/aromatic N) is 5. The summed E-state index contributed by atoms with van der Waals surface area (Å²) in [4.78, 5) is 22.1. The maximum Gasteiger partial charge on any atom is 0.135 e. The molecule has 5 aliphatic heterocycles. The van der Waals surface area contributed by atoms with Crippen LogP contribution in [0.4, 0.5) is 0 Å². The molecule has 51 heavy (non-hydrogen) atoms. The SMILES string of the molecule is CC.CC.CC.CC.CC.CC1=CCN(C)CC1.CC1=CCN(C)CC1.CC1CCN(C)CC1.CN1CCC(=O)CC1.CN1CCC(C)(O)CC1. The first kappa shape index (κ1) is 59.2. The first-order valence-electron chi connectivity index (χ1n) is 21.2. The van der Waals surface area contributed by atoms with Gasteiger partial charge in [0.25, 0.3) is 0 Å². The van der Waals surface area contributed by atoms with Crippen LogP contribution in [0, 0.1) is 5.92 Å². The van der Waals surface area contributed by atoms with Crippen LogP contribution in [-0.2, 0) is 4.79 Å². The highest BCUT2D eigenvalue weighted by Crippen LogP contribution is 2.19. The van der Waals surface area contributed by atoms with Crippen LogP contribution in [0.5, 0.6) is 0 Å². The van der Waals surface area contributed by atoms with Crippen molar-refractivity contribution in [2.45, 2.75) is 154 Å². The Kier molecular flexibility index (Phi) is 48.4. The van der Waals surface area contributed by atoms with Gasteiger partial charge in [0.05, 0.1) is 5.60 Å². The van der Waals surface area contributed by atoms with Crippen molar-refractivity contribution in [2.24, 2.45) is 5.92 Å². The summed E-state index contributed by atoms with van der Waals surface area (Å²) in [6.45, 7) is 40.0. The van der Waals surface area contributed by atoms with E-state index in [1.807, 2.05) is 83.2 Å². The van der Waals surface area contributed by atoms with E-state index in [2.05, 4.69) is 85.6 Å². The van der Waals surface area contributed by atoms with Crippen molar-refractivity contribution in [3.63, 3.8) is 0 Å². The molecule has 0 saturated carbocycles. The second kappa shape index (κ2) is 41.7. The quantitative estimate of drug-likeness (QED) is 0.250. The standard InChI is InChI=1S/C7H15NO.C7H15N.2C7H13N.C6H11NO.5C2H6/c1-7(9)3-5-8(2)6-4-7;3*1-7-3-5-8(2)6-4-7;1-7-4-2-6(8)3-5-7;5*1-2/h9H,3-6H2,1-2H3;7H,3-6H2,1-2H3;2*3H,4-6H2,1-2H3;2-5H2,1H3;5*1-2H3. The van der Waals surface area contributed by atoms with Crippen molar-refractivity contribution in [1.29, 1.82) is 0 Å². The lowest BCUT2D eigenvalue weighted by Crippen LogP contribution is -2.40. The van der Waals surface area contributed by atoms with E-state index in [1.54, 1.807) is 11.1 Å². The minimum Gasteiger partial charge on any atom is -0.390 e. The Hall–Kier alpha value is -1.09. The summed E-state index contributed by atoms with van der Waals surface area (Å²) in [6.07, 6.45) is 13.3. The monoisotopic (exact) mass is 728 g/mol. The Labute approximate surface area is 323 Å². The van der Waals surface area contributed by atoms with Crippen LogP contribution in [0.15, 0.2) is 23.3 Å². The van der Waals surface area contributed by atoms with E-state index < -0.39 is 0 Å². The van der Waals surface area contributed by atoms with Gasteiger partial charge < -0.3 is 29.6 Å². The van der Waals surface area contributed by atoms with Gasteiger partial charge in [-0.2, -0.15) is 0 Å². The first-order chi connectivity index (χ1) is 24.3. The lowest BCUT2D eigenvalue weighted by molar-refractivity contribution is -0.121. The molecule has 7 nitrogen and oxygen atoms in total. The third kappa shape index (κ3) is 41.5. The number of hydrogen-bond acceptors (Lipinski definition) is 7. The number of piperidine rings is 3. The highest BCUT2D eigenvalue weighted by atomic mass is 16.3. The Morgan fingerprint density at radius 1 is 0.529 bits per heavy atom. The van der Waals surface area contributed by atoms with E-state index in [9.17, 15) is 9.90 Å². The molecule has 0 aliphatic carbocycles. The molecule has 7 heteroatoms. The van der Waals surface area contributed by atoms with Crippen molar-refractivity contribution in [2.75, 3.05) is 101 Å². The zero-order valence-corrected chi connectivity index (χ0v) is 38.6. The summed E-state index contributed by atoms with van der Waals surface area (Å²) in [5.41, 5.74) is 2.71. The molecule has 5 rings (SSSR count). The maximum absolute atomic E-state index is 10.6. The van der Waals surface area contributed by atoms with E-state index in [-0.39, 0.29) is 5.60 Å². The Morgan fingerprint density at radius 2 is 0.824 bits per heavy atom.